The second kappa shape index (κ2) is 6.85. The Hall–Kier alpha value is -0.990. The van der Waals surface area contributed by atoms with Crippen LogP contribution in [-0.2, 0) is 11.3 Å². The van der Waals surface area contributed by atoms with Crippen molar-refractivity contribution in [1.82, 2.24) is 0 Å². The van der Waals surface area contributed by atoms with Crippen LogP contribution >= 0.6 is 27.5 Å². The zero-order chi connectivity index (χ0) is 15.5. The van der Waals surface area contributed by atoms with E-state index in [-0.39, 0.29) is 5.41 Å². The van der Waals surface area contributed by atoms with Crippen molar-refractivity contribution in [2.75, 3.05) is 0 Å². The summed E-state index contributed by atoms with van der Waals surface area (Å²) < 4.78 is 6.86. The lowest BCUT2D eigenvalue weighted by Gasteiger charge is -2.23. The van der Waals surface area contributed by atoms with E-state index in [2.05, 4.69) is 48.8 Å². The Balaban J connectivity index is 2.15. The lowest BCUT2D eigenvalue weighted by molar-refractivity contribution is 0.477. The van der Waals surface area contributed by atoms with Crippen molar-refractivity contribution in [1.29, 1.82) is 0 Å². The van der Waals surface area contributed by atoms with Gasteiger partial charge in [-0.15, -0.1) is 11.6 Å². The molecule has 0 radical (unpaired) electrons. The van der Waals surface area contributed by atoms with Crippen LogP contribution in [0.1, 0.15) is 38.3 Å². The highest BCUT2D eigenvalue weighted by molar-refractivity contribution is 9.10. The SMILES string of the molecule is CCC(C)(C)c1ccc(Oc2ccc(CCl)c(Br)c2)cc1. The summed E-state index contributed by atoms with van der Waals surface area (Å²) in [5.74, 6) is 2.14. The molecule has 0 aromatic heterocycles. The molecule has 2 aromatic carbocycles. The van der Waals surface area contributed by atoms with E-state index in [1.165, 1.54) is 5.56 Å². The molecule has 2 rings (SSSR count). The van der Waals surface area contributed by atoms with Gasteiger partial charge in [0.1, 0.15) is 11.5 Å². The number of rotatable bonds is 5. The van der Waals surface area contributed by atoms with Gasteiger partial charge in [-0.05, 0) is 47.2 Å². The first-order valence-corrected chi connectivity index (χ1v) is 8.42. The molecule has 0 aliphatic rings. The van der Waals surface area contributed by atoms with Gasteiger partial charge in [-0.3, -0.25) is 0 Å². The van der Waals surface area contributed by atoms with Crippen molar-refractivity contribution in [2.24, 2.45) is 0 Å². The molecule has 0 heterocycles. The first-order chi connectivity index (χ1) is 9.96. The second-order valence-electron chi connectivity index (χ2n) is 5.75. The van der Waals surface area contributed by atoms with Crippen LogP contribution in [0.25, 0.3) is 0 Å². The summed E-state index contributed by atoms with van der Waals surface area (Å²) >= 11 is 9.35. The van der Waals surface area contributed by atoms with Gasteiger partial charge in [-0.2, -0.15) is 0 Å². The lowest BCUT2D eigenvalue weighted by Crippen LogP contribution is -2.14. The quantitative estimate of drug-likeness (QED) is 0.536. The van der Waals surface area contributed by atoms with Gasteiger partial charge in [-0.1, -0.05) is 54.9 Å². The molecule has 0 aliphatic carbocycles. The predicted octanol–water partition coefficient (Wildman–Crippen LogP) is 6.67. The van der Waals surface area contributed by atoms with E-state index in [9.17, 15) is 0 Å². The first-order valence-electron chi connectivity index (χ1n) is 7.09. The molecule has 0 atom stereocenters. The van der Waals surface area contributed by atoms with Gasteiger partial charge in [-0.25, -0.2) is 0 Å². The Bertz CT molecular complexity index is 605. The number of benzene rings is 2. The number of alkyl halides is 1. The van der Waals surface area contributed by atoms with Crippen molar-refractivity contribution < 1.29 is 4.74 Å². The summed E-state index contributed by atoms with van der Waals surface area (Å²) in [6, 6.07) is 14.2. The zero-order valence-electron chi connectivity index (χ0n) is 12.6. The van der Waals surface area contributed by atoms with E-state index in [0.717, 1.165) is 28.0 Å². The van der Waals surface area contributed by atoms with Crippen LogP contribution in [0.5, 0.6) is 11.5 Å². The lowest BCUT2D eigenvalue weighted by atomic mass is 9.82. The van der Waals surface area contributed by atoms with Gasteiger partial charge in [0.05, 0.1) is 0 Å². The summed E-state index contributed by atoms with van der Waals surface area (Å²) in [5.41, 5.74) is 2.59. The normalized spacial score (nSPS) is 11.5. The van der Waals surface area contributed by atoms with E-state index in [1.54, 1.807) is 0 Å². The third-order valence-electron chi connectivity index (χ3n) is 3.92. The van der Waals surface area contributed by atoms with Gasteiger partial charge < -0.3 is 4.74 Å². The van der Waals surface area contributed by atoms with Gasteiger partial charge in [0.2, 0.25) is 0 Å². The molecule has 0 bridgehead atoms. The topological polar surface area (TPSA) is 9.23 Å². The van der Waals surface area contributed by atoms with Crippen LogP contribution < -0.4 is 4.74 Å². The Morgan fingerprint density at radius 1 is 1.05 bits per heavy atom. The number of hydrogen-bond donors (Lipinski definition) is 0. The van der Waals surface area contributed by atoms with E-state index >= 15 is 0 Å². The average Bonchev–Trinajstić information content (AvgIpc) is 2.48. The third kappa shape index (κ3) is 4.02. The fourth-order valence-corrected chi connectivity index (χ4v) is 2.91. The molecular weight excluding hydrogens is 348 g/mol. The van der Waals surface area contributed by atoms with Crippen LogP contribution in [0.3, 0.4) is 0 Å². The maximum atomic E-state index is 5.89. The van der Waals surface area contributed by atoms with Crippen molar-refractivity contribution in [3.05, 3.63) is 58.1 Å². The van der Waals surface area contributed by atoms with E-state index < -0.39 is 0 Å². The Morgan fingerprint density at radius 2 is 1.67 bits per heavy atom. The van der Waals surface area contributed by atoms with Crippen molar-refractivity contribution in [3.63, 3.8) is 0 Å². The van der Waals surface area contributed by atoms with Gasteiger partial charge >= 0.3 is 0 Å². The standard InChI is InChI=1S/C18H20BrClO/c1-4-18(2,3)14-6-9-15(10-7-14)21-16-8-5-13(12-20)17(19)11-16/h5-11H,4,12H2,1-3H3. The van der Waals surface area contributed by atoms with E-state index in [0.29, 0.717) is 5.88 Å². The molecule has 0 fully saturated rings. The maximum Gasteiger partial charge on any atom is 0.128 e. The number of ether oxygens (including phenoxy) is 1. The summed E-state index contributed by atoms with van der Waals surface area (Å²) in [4.78, 5) is 0. The smallest absolute Gasteiger partial charge is 0.128 e. The molecule has 2 aromatic rings. The van der Waals surface area contributed by atoms with Crippen molar-refractivity contribution in [3.8, 4) is 11.5 Å². The number of hydrogen-bond acceptors (Lipinski definition) is 1. The maximum absolute atomic E-state index is 5.89. The minimum Gasteiger partial charge on any atom is -0.457 e. The fourth-order valence-electron chi connectivity index (χ4n) is 2.01. The summed E-state index contributed by atoms with van der Waals surface area (Å²) in [6.45, 7) is 6.72. The highest BCUT2D eigenvalue weighted by atomic mass is 79.9. The van der Waals surface area contributed by atoms with Crippen molar-refractivity contribution in [2.45, 2.75) is 38.5 Å². The molecule has 1 nitrogen and oxygen atoms in total. The Labute approximate surface area is 140 Å². The molecule has 3 heteroatoms. The highest BCUT2D eigenvalue weighted by Gasteiger charge is 2.17. The van der Waals surface area contributed by atoms with E-state index in [1.807, 2.05) is 30.3 Å². The molecule has 0 saturated carbocycles. The van der Waals surface area contributed by atoms with Gasteiger partial charge in [0.25, 0.3) is 0 Å². The van der Waals surface area contributed by atoms with Crippen LogP contribution in [0.15, 0.2) is 46.9 Å². The second-order valence-corrected chi connectivity index (χ2v) is 6.87. The minimum atomic E-state index is 0.198. The fraction of sp³-hybridized carbons (Fsp3) is 0.333. The van der Waals surface area contributed by atoms with Crippen LogP contribution in [0.2, 0.25) is 0 Å². The minimum absolute atomic E-state index is 0.198. The molecule has 0 unspecified atom stereocenters. The van der Waals surface area contributed by atoms with Crippen LogP contribution in [-0.4, -0.2) is 0 Å². The van der Waals surface area contributed by atoms with Gasteiger partial charge in [0.15, 0.2) is 0 Å². The van der Waals surface area contributed by atoms with E-state index in [4.69, 9.17) is 16.3 Å². The predicted molar refractivity (Wildman–Crippen MR) is 93.5 cm³/mol. The van der Waals surface area contributed by atoms with Crippen molar-refractivity contribution >= 4 is 27.5 Å². The average molecular weight is 368 g/mol. The molecule has 112 valence electrons. The molecule has 0 spiro atoms. The Kier molecular flexibility index (Phi) is 5.34. The molecular formula is C18H20BrClO. The first kappa shape index (κ1) is 16.4. The van der Waals surface area contributed by atoms with Crippen LogP contribution in [0.4, 0.5) is 0 Å². The third-order valence-corrected chi connectivity index (χ3v) is 4.95. The van der Waals surface area contributed by atoms with Gasteiger partial charge in [0, 0.05) is 10.4 Å². The molecule has 0 saturated heterocycles. The molecule has 0 N–H and O–H groups in total. The summed E-state index contributed by atoms with van der Waals surface area (Å²) in [7, 11) is 0. The number of halogens is 2. The highest BCUT2D eigenvalue weighted by Crippen LogP contribution is 2.31. The van der Waals surface area contributed by atoms with Crippen LogP contribution in [0, 0.1) is 0 Å². The monoisotopic (exact) mass is 366 g/mol. The molecule has 0 amide bonds. The Morgan fingerprint density at radius 3 is 2.19 bits per heavy atom. The summed E-state index contributed by atoms with van der Waals surface area (Å²) in [6.07, 6.45) is 1.11. The molecule has 21 heavy (non-hydrogen) atoms. The largest absolute Gasteiger partial charge is 0.457 e. The zero-order valence-corrected chi connectivity index (χ0v) is 15.0. The molecule has 0 aliphatic heterocycles. The summed E-state index contributed by atoms with van der Waals surface area (Å²) in [5, 5.41) is 0.